The molecule has 2 aromatic rings. The zero-order valence-corrected chi connectivity index (χ0v) is 13.6. The van der Waals surface area contributed by atoms with Crippen molar-refractivity contribution in [3.05, 3.63) is 55.2 Å². The van der Waals surface area contributed by atoms with Crippen LogP contribution in [0.5, 0.6) is 0 Å². The van der Waals surface area contributed by atoms with Crippen LogP contribution >= 0.6 is 46.0 Å². The molecule has 0 saturated carbocycles. The van der Waals surface area contributed by atoms with Crippen LogP contribution in [0.2, 0.25) is 5.15 Å². The van der Waals surface area contributed by atoms with Gasteiger partial charge in [-0.1, -0.05) is 29.8 Å². The highest BCUT2D eigenvalue weighted by Crippen LogP contribution is 2.39. The third-order valence-corrected chi connectivity index (χ3v) is 5.99. The topological polar surface area (TPSA) is 34.9 Å². The van der Waals surface area contributed by atoms with E-state index in [1.807, 2.05) is 46.5 Å². The van der Waals surface area contributed by atoms with Crippen LogP contribution in [0.3, 0.4) is 0 Å². The Morgan fingerprint density at radius 3 is 3.11 bits per heavy atom. The monoisotopic (exact) mass is 404 g/mol. The largest absolute Gasteiger partial charge is 0.298 e. The maximum atomic E-state index is 12.1. The van der Waals surface area contributed by atoms with Crippen molar-refractivity contribution < 1.29 is 0 Å². The number of hydrogen-bond donors (Lipinski definition) is 0. The molecule has 0 amide bonds. The molecule has 1 atom stereocenters. The molecule has 1 unspecified atom stereocenters. The van der Waals surface area contributed by atoms with Crippen molar-refractivity contribution in [3.63, 3.8) is 0 Å². The Morgan fingerprint density at radius 2 is 2.26 bits per heavy atom. The molecule has 1 aromatic carbocycles. The second-order valence-electron chi connectivity index (χ2n) is 4.35. The second-order valence-corrected chi connectivity index (χ2v) is 6.85. The Kier molecular flexibility index (Phi) is 3.86. The molecular weight excluding hydrogens is 395 g/mol. The Bertz CT molecular complexity index is 689. The predicted octanol–water partition coefficient (Wildman–Crippen LogP) is 3.39. The van der Waals surface area contributed by atoms with E-state index in [2.05, 4.69) is 17.1 Å². The van der Waals surface area contributed by atoms with Crippen LogP contribution < -0.4 is 5.56 Å². The molecule has 0 spiro atoms. The van der Waals surface area contributed by atoms with E-state index in [1.54, 1.807) is 10.9 Å². The molecule has 1 aliphatic rings. The maximum absolute atomic E-state index is 12.1. The predicted molar refractivity (Wildman–Crippen MR) is 86.1 cm³/mol. The number of hydrogen-bond acceptors (Lipinski definition) is 3. The second kappa shape index (κ2) is 5.46. The first-order chi connectivity index (χ1) is 9.16. The standard InChI is InChI=1S/C13H10ClIN2OS/c14-12-11(15)13(18)17(7-16-12)5-8-6-19-10-4-2-1-3-9(8)10/h1-4,7-8H,5-6H2. The minimum Gasteiger partial charge on any atom is -0.298 e. The molecule has 3 nitrogen and oxygen atoms in total. The van der Waals surface area contributed by atoms with Crippen molar-refractivity contribution >= 4 is 46.0 Å². The summed E-state index contributed by atoms with van der Waals surface area (Å²) in [5.41, 5.74) is 1.26. The van der Waals surface area contributed by atoms with Crippen LogP contribution in [0.1, 0.15) is 11.5 Å². The molecule has 0 N–H and O–H groups in total. The van der Waals surface area contributed by atoms with Gasteiger partial charge in [0.25, 0.3) is 5.56 Å². The van der Waals surface area contributed by atoms with E-state index >= 15 is 0 Å². The Morgan fingerprint density at radius 1 is 1.47 bits per heavy atom. The van der Waals surface area contributed by atoms with E-state index in [0.717, 1.165) is 5.75 Å². The number of nitrogens with zero attached hydrogens (tertiary/aromatic N) is 2. The van der Waals surface area contributed by atoms with Gasteiger partial charge in [-0.25, -0.2) is 4.98 Å². The zero-order valence-electron chi connectivity index (χ0n) is 9.85. The highest BCUT2D eigenvalue weighted by molar-refractivity contribution is 14.1. The molecular formula is C13H10ClIN2OS. The average molecular weight is 405 g/mol. The van der Waals surface area contributed by atoms with E-state index in [4.69, 9.17) is 11.6 Å². The zero-order chi connectivity index (χ0) is 13.4. The fourth-order valence-electron chi connectivity index (χ4n) is 2.19. The fraction of sp³-hybridized carbons (Fsp3) is 0.231. The number of rotatable bonds is 2. The minimum absolute atomic E-state index is 0.0602. The van der Waals surface area contributed by atoms with Crippen LogP contribution in [-0.4, -0.2) is 15.3 Å². The third-order valence-electron chi connectivity index (χ3n) is 3.16. The van der Waals surface area contributed by atoms with Crippen LogP contribution in [-0.2, 0) is 6.54 Å². The molecule has 0 radical (unpaired) electrons. The molecule has 0 fully saturated rings. The van der Waals surface area contributed by atoms with E-state index in [1.165, 1.54) is 10.5 Å². The Hall–Kier alpha value is -0.530. The molecule has 6 heteroatoms. The quantitative estimate of drug-likeness (QED) is 0.568. The van der Waals surface area contributed by atoms with E-state index in [-0.39, 0.29) is 10.7 Å². The van der Waals surface area contributed by atoms with Gasteiger partial charge in [0.1, 0.15) is 8.72 Å². The number of thioether (sulfide) groups is 1. The fourth-order valence-corrected chi connectivity index (χ4v) is 4.01. The highest BCUT2D eigenvalue weighted by Gasteiger charge is 2.23. The van der Waals surface area contributed by atoms with Crippen molar-refractivity contribution in [3.8, 4) is 0 Å². The van der Waals surface area contributed by atoms with Crippen LogP contribution in [0, 0.1) is 3.57 Å². The molecule has 2 heterocycles. The Labute approximate surface area is 133 Å². The van der Waals surface area contributed by atoms with Crippen molar-refractivity contribution in [1.82, 2.24) is 9.55 Å². The number of benzene rings is 1. The van der Waals surface area contributed by atoms with Crippen LogP contribution in [0.4, 0.5) is 0 Å². The summed E-state index contributed by atoms with van der Waals surface area (Å²) in [6, 6.07) is 8.36. The van der Waals surface area contributed by atoms with Gasteiger partial charge in [0.05, 0.1) is 6.33 Å². The summed E-state index contributed by atoms with van der Waals surface area (Å²) in [7, 11) is 0. The van der Waals surface area contributed by atoms with Gasteiger partial charge in [0, 0.05) is 23.1 Å². The summed E-state index contributed by atoms with van der Waals surface area (Å²) in [5, 5.41) is 0.281. The molecule has 3 rings (SSSR count). The van der Waals surface area contributed by atoms with Crippen molar-refractivity contribution in [1.29, 1.82) is 0 Å². The van der Waals surface area contributed by atoms with Gasteiger partial charge in [-0.2, -0.15) is 0 Å². The maximum Gasteiger partial charge on any atom is 0.268 e. The number of aromatic nitrogens is 2. The first-order valence-corrected chi connectivity index (χ1v) is 8.23. The first-order valence-electron chi connectivity index (χ1n) is 5.79. The van der Waals surface area contributed by atoms with Gasteiger partial charge in [-0.15, -0.1) is 11.8 Å². The lowest BCUT2D eigenvalue weighted by molar-refractivity contribution is 0.576. The molecule has 0 saturated heterocycles. The number of fused-ring (bicyclic) bond motifs is 1. The third kappa shape index (κ3) is 2.55. The summed E-state index contributed by atoms with van der Waals surface area (Å²) in [6.45, 7) is 0.656. The normalized spacial score (nSPS) is 17.5. The van der Waals surface area contributed by atoms with Gasteiger partial charge in [0.2, 0.25) is 0 Å². The molecule has 1 aromatic heterocycles. The molecule has 0 bridgehead atoms. The van der Waals surface area contributed by atoms with Gasteiger partial charge >= 0.3 is 0 Å². The molecule has 19 heavy (non-hydrogen) atoms. The van der Waals surface area contributed by atoms with Crippen molar-refractivity contribution in [2.24, 2.45) is 0 Å². The van der Waals surface area contributed by atoms with Crippen molar-refractivity contribution in [2.75, 3.05) is 5.75 Å². The van der Waals surface area contributed by atoms with E-state index in [9.17, 15) is 4.79 Å². The lowest BCUT2D eigenvalue weighted by atomic mass is 10.0. The SMILES string of the molecule is O=c1c(I)c(Cl)ncn1CC1CSc2ccccc21. The average Bonchev–Trinajstić information content (AvgIpc) is 2.83. The highest BCUT2D eigenvalue weighted by atomic mass is 127. The van der Waals surface area contributed by atoms with Gasteiger partial charge in [0.15, 0.2) is 0 Å². The summed E-state index contributed by atoms with van der Waals surface area (Å²) < 4.78 is 2.14. The summed E-state index contributed by atoms with van der Waals surface area (Å²) in [6.07, 6.45) is 1.54. The van der Waals surface area contributed by atoms with Gasteiger partial charge in [-0.3, -0.25) is 9.36 Å². The first kappa shape index (κ1) is 13.5. The van der Waals surface area contributed by atoms with Crippen LogP contribution in [0.15, 0.2) is 40.3 Å². The van der Waals surface area contributed by atoms with E-state index < -0.39 is 0 Å². The molecule has 0 aliphatic carbocycles. The minimum atomic E-state index is -0.0602. The molecule has 98 valence electrons. The number of halogens is 2. The lowest BCUT2D eigenvalue weighted by Crippen LogP contribution is -2.26. The summed E-state index contributed by atoms with van der Waals surface area (Å²) >= 11 is 9.64. The van der Waals surface area contributed by atoms with Gasteiger partial charge < -0.3 is 0 Å². The lowest BCUT2D eigenvalue weighted by Gasteiger charge is -2.13. The van der Waals surface area contributed by atoms with Gasteiger partial charge in [-0.05, 0) is 34.2 Å². The summed E-state index contributed by atoms with van der Waals surface area (Å²) in [4.78, 5) is 17.5. The van der Waals surface area contributed by atoms with Crippen LogP contribution in [0.25, 0.3) is 0 Å². The molecule has 1 aliphatic heterocycles. The smallest absolute Gasteiger partial charge is 0.268 e. The Balaban J connectivity index is 1.92. The van der Waals surface area contributed by atoms with E-state index in [0.29, 0.717) is 16.0 Å². The van der Waals surface area contributed by atoms with Crippen molar-refractivity contribution in [2.45, 2.75) is 17.4 Å². The summed E-state index contributed by atoms with van der Waals surface area (Å²) in [5.74, 6) is 1.36.